The predicted octanol–water partition coefficient (Wildman–Crippen LogP) is 3.16. The Morgan fingerprint density at radius 3 is 2.41 bits per heavy atom. The fourth-order valence-electron chi connectivity index (χ4n) is 3.28. The molecule has 0 aromatic rings. The lowest BCUT2D eigenvalue weighted by atomic mass is 9.89. The summed E-state index contributed by atoms with van der Waals surface area (Å²) in [7, 11) is 0. The maximum atomic E-state index is 12.1. The largest absolute Gasteiger partial charge is 0.444 e. The molecule has 1 aliphatic carbocycles. The highest BCUT2D eigenvalue weighted by atomic mass is 16.6. The third-order valence-electron chi connectivity index (χ3n) is 4.33. The van der Waals surface area contributed by atoms with Gasteiger partial charge in [0.25, 0.3) is 0 Å². The number of hydrogen-bond donors (Lipinski definition) is 0. The lowest BCUT2D eigenvalue weighted by Gasteiger charge is -2.43. The zero-order chi connectivity index (χ0) is 16.2. The van der Waals surface area contributed by atoms with Crippen LogP contribution in [0.5, 0.6) is 0 Å². The van der Waals surface area contributed by atoms with Crippen LogP contribution >= 0.6 is 0 Å². The Morgan fingerprint density at radius 1 is 1.18 bits per heavy atom. The summed E-state index contributed by atoms with van der Waals surface area (Å²) >= 11 is 0. The highest BCUT2D eigenvalue weighted by Crippen LogP contribution is 2.27. The quantitative estimate of drug-likeness (QED) is 0.446. The SMILES string of the molecule is CC(C)(C)OC(=O)N1CCN([C@@H]2CCCC[C@@H]2N=[N+]=[N-])CC1. The molecule has 1 heterocycles. The van der Waals surface area contributed by atoms with Crippen LogP contribution in [0.2, 0.25) is 0 Å². The summed E-state index contributed by atoms with van der Waals surface area (Å²) in [5, 5.41) is 3.98. The fourth-order valence-corrected chi connectivity index (χ4v) is 3.28. The first kappa shape index (κ1) is 16.9. The van der Waals surface area contributed by atoms with Gasteiger partial charge in [0.2, 0.25) is 0 Å². The molecule has 2 rings (SSSR count). The van der Waals surface area contributed by atoms with Crippen molar-refractivity contribution in [2.45, 2.75) is 64.1 Å². The Hall–Kier alpha value is -1.46. The van der Waals surface area contributed by atoms with E-state index in [2.05, 4.69) is 14.9 Å². The predicted molar refractivity (Wildman–Crippen MR) is 84.6 cm³/mol. The van der Waals surface area contributed by atoms with Crippen molar-refractivity contribution in [2.24, 2.45) is 5.11 Å². The normalized spacial score (nSPS) is 27.1. The van der Waals surface area contributed by atoms with Crippen molar-refractivity contribution in [3.8, 4) is 0 Å². The summed E-state index contributed by atoms with van der Waals surface area (Å²) in [4.78, 5) is 19.2. The van der Waals surface area contributed by atoms with E-state index in [0.29, 0.717) is 19.1 Å². The minimum atomic E-state index is -0.454. The molecular formula is C15H27N5O2. The zero-order valence-corrected chi connectivity index (χ0v) is 13.9. The van der Waals surface area contributed by atoms with Gasteiger partial charge < -0.3 is 9.64 Å². The van der Waals surface area contributed by atoms with E-state index in [9.17, 15) is 4.79 Å². The van der Waals surface area contributed by atoms with Crippen molar-refractivity contribution in [2.75, 3.05) is 26.2 Å². The molecule has 0 spiro atoms. The molecule has 0 radical (unpaired) electrons. The molecule has 0 unspecified atom stereocenters. The highest BCUT2D eigenvalue weighted by molar-refractivity contribution is 5.68. The number of piperazine rings is 1. The second kappa shape index (κ2) is 7.20. The van der Waals surface area contributed by atoms with Crippen LogP contribution in [-0.4, -0.2) is 59.8 Å². The number of hydrogen-bond acceptors (Lipinski definition) is 4. The molecule has 1 saturated carbocycles. The standard InChI is InChI=1S/C15H27N5O2/c1-15(2,3)22-14(21)20-10-8-19(9-11-20)13-7-5-4-6-12(13)17-18-16/h12-13H,4-11H2,1-3H3/t12-,13+/m0/s1. The van der Waals surface area contributed by atoms with E-state index in [1.165, 1.54) is 6.42 Å². The Labute approximate surface area is 132 Å². The number of nitrogens with zero attached hydrogens (tertiary/aromatic N) is 5. The van der Waals surface area contributed by atoms with Gasteiger partial charge in [0, 0.05) is 37.1 Å². The van der Waals surface area contributed by atoms with Crippen molar-refractivity contribution < 1.29 is 9.53 Å². The van der Waals surface area contributed by atoms with Gasteiger partial charge in [-0.25, -0.2) is 4.79 Å². The maximum Gasteiger partial charge on any atom is 0.410 e. The van der Waals surface area contributed by atoms with Gasteiger partial charge in [-0.15, -0.1) is 0 Å². The van der Waals surface area contributed by atoms with Gasteiger partial charge >= 0.3 is 6.09 Å². The number of rotatable bonds is 2. The second-order valence-electron chi connectivity index (χ2n) is 7.13. The average Bonchev–Trinajstić information content (AvgIpc) is 2.47. The molecule has 7 nitrogen and oxygen atoms in total. The van der Waals surface area contributed by atoms with Crippen molar-refractivity contribution in [3.63, 3.8) is 0 Å². The van der Waals surface area contributed by atoms with Crippen LogP contribution in [-0.2, 0) is 4.74 Å². The average molecular weight is 309 g/mol. The van der Waals surface area contributed by atoms with Crippen LogP contribution < -0.4 is 0 Å². The zero-order valence-electron chi connectivity index (χ0n) is 13.9. The summed E-state index contributed by atoms with van der Waals surface area (Å²) in [5.74, 6) is 0. The molecule has 7 heteroatoms. The van der Waals surface area contributed by atoms with E-state index < -0.39 is 5.60 Å². The molecule has 0 aromatic heterocycles. The smallest absolute Gasteiger partial charge is 0.410 e. The van der Waals surface area contributed by atoms with Gasteiger partial charge in [-0.1, -0.05) is 18.0 Å². The number of ether oxygens (including phenoxy) is 1. The molecule has 1 amide bonds. The van der Waals surface area contributed by atoms with Crippen LogP contribution in [0.25, 0.3) is 10.4 Å². The lowest BCUT2D eigenvalue weighted by Crippen LogP contribution is -2.55. The number of azide groups is 1. The summed E-state index contributed by atoms with van der Waals surface area (Å²) in [5.41, 5.74) is 8.27. The molecule has 124 valence electrons. The van der Waals surface area contributed by atoms with Gasteiger partial charge in [-0.3, -0.25) is 4.90 Å². The third-order valence-corrected chi connectivity index (χ3v) is 4.33. The van der Waals surface area contributed by atoms with Crippen molar-refractivity contribution >= 4 is 6.09 Å². The first-order chi connectivity index (χ1) is 10.4. The molecule has 1 aliphatic heterocycles. The molecule has 0 bridgehead atoms. The van der Waals surface area contributed by atoms with Crippen molar-refractivity contribution in [3.05, 3.63) is 10.4 Å². The van der Waals surface area contributed by atoms with Crippen LogP contribution in [0.15, 0.2) is 5.11 Å². The lowest BCUT2D eigenvalue weighted by molar-refractivity contribution is 0.00686. The van der Waals surface area contributed by atoms with Gasteiger partial charge in [-0.05, 0) is 39.1 Å². The van der Waals surface area contributed by atoms with Crippen molar-refractivity contribution in [1.29, 1.82) is 0 Å². The third kappa shape index (κ3) is 4.52. The minimum absolute atomic E-state index is 0.0758. The molecule has 2 aliphatic rings. The van der Waals surface area contributed by atoms with Gasteiger partial charge in [0.1, 0.15) is 5.60 Å². The van der Waals surface area contributed by atoms with Gasteiger partial charge in [0.15, 0.2) is 0 Å². The van der Waals surface area contributed by atoms with E-state index in [4.69, 9.17) is 10.3 Å². The molecule has 22 heavy (non-hydrogen) atoms. The van der Waals surface area contributed by atoms with Crippen LogP contribution in [0.1, 0.15) is 46.5 Å². The molecule has 0 aromatic carbocycles. The van der Waals surface area contributed by atoms with Crippen molar-refractivity contribution in [1.82, 2.24) is 9.80 Å². The monoisotopic (exact) mass is 309 g/mol. The Balaban J connectivity index is 1.88. The number of carbonyl (C=O) groups is 1. The first-order valence-corrected chi connectivity index (χ1v) is 8.17. The summed E-state index contributed by atoms with van der Waals surface area (Å²) in [6.45, 7) is 8.64. The van der Waals surface area contributed by atoms with Crippen LogP contribution in [0.4, 0.5) is 4.79 Å². The molecule has 0 N–H and O–H groups in total. The van der Waals surface area contributed by atoms with E-state index in [1.807, 2.05) is 20.8 Å². The second-order valence-corrected chi connectivity index (χ2v) is 7.13. The highest BCUT2D eigenvalue weighted by Gasteiger charge is 2.33. The minimum Gasteiger partial charge on any atom is -0.444 e. The molecular weight excluding hydrogens is 282 g/mol. The first-order valence-electron chi connectivity index (χ1n) is 8.17. The van der Waals surface area contributed by atoms with Crippen LogP contribution in [0.3, 0.4) is 0 Å². The van der Waals surface area contributed by atoms with Gasteiger partial charge in [-0.2, -0.15) is 0 Å². The van der Waals surface area contributed by atoms with E-state index in [0.717, 1.165) is 32.4 Å². The number of carbonyl (C=O) groups excluding carboxylic acids is 1. The summed E-state index contributed by atoms with van der Waals surface area (Å²) < 4.78 is 5.42. The van der Waals surface area contributed by atoms with E-state index >= 15 is 0 Å². The van der Waals surface area contributed by atoms with Gasteiger partial charge in [0.05, 0.1) is 6.04 Å². The number of amides is 1. The summed E-state index contributed by atoms with van der Waals surface area (Å²) in [6.07, 6.45) is 4.14. The van der Waals surface area contributed by atoms with Crippen LogP contribution in [0, 0.1) is 0 Å². The Morgan fingerprint density at radius 2 is 1.82 bits per heavy atom. The topological polar surface area (TPSA) is 81.5 Å². The fraction of sp³-hybridized carbons (Fsp3) is 0.933. The molecule has 2 fully saturated rings. The maximum absolute atomic E-state index is 12.1. The van der Waals surface area contributed by atoms with E-state index in [1.54, 1.807) is 4.90 Å². The summed E-state index contributed by atoms with van der Waals surface area (Å²) in [6, 6.07) is 0.400. The Kier molecular flexibility index (Phi) is 5.53. The van der Waals surface area contributed by atoms with E-state index in [-0.39, 0.29) is 12.1 Å². The Bertz CT molecular complexity index is 434. The molecule has 2 atom stereocenters. The molecule has 1 saturated heterocycles.